The van der Waals surface area contributed by atoms with E-state index in [1.807, 2.05) is 0 Å². The van der Waals surface area contributed by atoms with Gasteiger partial charge in [-0.25, -0.2) is 4.21 Å². The molecular weight excluding hydrogens is 342 g/mol. The van der Waals surface area contributed by atoms with Gasteiger partial charge in [-0.2, -0.15) is 0 Å². The van der Waals surface area contributed by atoms with E-state index in [2.05, 4.69) is 40.1 Å². The molecule has 1 saturated carbocycles. The topological polar surface area (TPSA) is 44.4 Å². The van der Waals surface area contributed by atoms with Crippen molar-refractivity contribution in [1.82, 2.24) is 10.6 Å². The van der Waals surface area contributed by atoms with Crippen LogP contribution in [0.5, 0.6) is 0 Å². The predicted octanol–water partition coefficient (Wildman–Crippen LogP) is 2.96. The summed E-state index contributed by atoms with van der Waals surface area (Å²) in [5.41, 5.74) is 4.10. The Bertz CT molecular complexity index is 644. The minimum absolute atomic E-state index is 0.664. The summed E-state index contributed by atoms with van der Waals surface area (Å²) in [7, 11) is -0.867. The van der Waals surface area contributed by atoms with E-state index < -0.39 is 11.0 Å². The number of fused-ring (bicyclic) bond motifs is 1. The van der Waals surface area contributed by atoms with Crippen LogP contribution in [0.3, 0.4) is 0 Å². The van der Waals surface area contributed by atoms with Gasteiger partial charge in [-0.15, -0.1) is 0 Å². The first-order valence-corrected chi connectivity index (χ1v) is 11.8. The smallest absolute Gasteiger partial charge is 0.119 e. The zero-order valence-corrected chi connectivity index (χ0v) is 16.8. The standard InChI is InChI=1S/C21H33N3OS/c1-2-12-26(25)24-11-3-4-18-13-17(5-6-21(18)24)19-14-20(19)23-15-16-7-9-22-10-8-16/h5-6,13,16,19-20,22-23H,2-4,7-12,14-15H2,1H3. The molecule has 144 valence electrons. The largest absolute Gasteiger partial charge is 0.317 e. The van der Waals surface area contributed by atoms with Crippen LogP contribution >= 0.6 is 0 Å². The highest BCUT2D eigenvalue weighted by atomic mass is 32.2. The van der Waals surface area contributed by atoms with Gasteiger partial charge in [0.2, 0.25) is 0 Å². The second kappa shape index (κ2) is 8.41. The van der Waals surface area contributed by atoms with Crippen molar-refractivity contribution in [2.75, 3.05) is 36.2 Å². The fourth-order valence-corrected chi connectivity index (χ4v) is 5.80. The maximum atomic E-state index is 12.5. The van der Waals surface area contributed by atoms with Crippen LogP contribution < -0.4 is 14.9 Å². The number of nitrogens with zero attached hydrogens (tertiary/aromatic N) is 1. The molecular formula is C21H33N3OS. The Morgan fingerprint density at radius 2 is 2.15 bits per heavy atom. The number of nitrogens with one attached hydrogen (secondary N) is 2. The second-order valence-electron chi connectivity index (χ2n) is 8.17. The Morgan fingerprint density at radius 1 is 1.31 bits per heavy atom. The molecule has 1 saturated heterocycles. The van der Waals surface area contributed by atoms with Crippen molar-refractivity contribution in [3.05, 3.63) is 29.3 Å². The predicted molar refractivity (Wildman–Crippen MR) is 110 cm³/mol. The van der Waals surface area contributed by atoms with E-state index >= 15 is 0 Å². The summed E-state index contributed by atoms with van der Waals surface area (Å²) in [6.45, 7) is 6.58. The van der Waals surface area contributed by atoms with Gasteiger partial charge in [0.05, 0.1) is 5.69 Å². The zero-order valence-electron chi connectivity index (χ0n) is 16.0. The van der Waals surface area contributed by atoms with Gasteiger partial charge in [-0.1, -0.05) is 19.1 Å². The zero-order chi connectivity index (χ0) is 17.9. The van der Waals surface area contributed by atoms with Gasteiger partial charge in [-0.3, -0.25) is 4.31 Å². The highest BCUT2D eigenvalue weighted by Crippen LogP contribution is 2.43. The maximum absolute atomic E-state index is 12.5. The van der Waals surface area contributed by atoms with E-state index in [0.717, 1.165) is 37.5 Å². The Morgan fingerprint density at radius 3 is 2.96 bits per heavy atom. The van der Waals surface area contributed by atoms with Gasteiger partial charge >= 0.3 is 0 Å². The molecule has 4 rings (SSSR count). The third kappa shape index (κ3) is 4.15. The van der Waals surface area contributed by atoms with Crippen molar-refractivity contribution in [1.29, 1.82) is 0 Å². The summed E-state index contributed by atoms with van der Waals surface area (Å²) in [5.74, 6) is 2.30. The molecule has 0 aromatic heterocycles. The number of anilines is 1. The first-order valence-electron chi connectivity index (χ1n) is 10.5. The van der Waals surface area contributed by atoms with Crippen molar-refractivity contribution >= 4 is 16.7 Å². The van der Waals surface area contributed by atoms with Crippen molar-refractivity contribution in [3.63, 3.8) is 0 Å². The average Bonchev–Trinajstić information content (AvgIpc) is 3.46. The number of benzene rings is 1. The molecule has 0 bridgehead atoms. The van der Waals surface area contributed by atoms with E-state index in [-0.39, 0.29) is 0 Å². The van der Waals surface area contributed by atoms with Gasteiger partial charge in [0, 0.05) is 24.3 Å². The molecule has 1 aromatic carbocycles. The molecule has 26 heavy (non-hydrogen) atoms. The molecule has 2 aliphatic heterocycles. The lowest BCUT2D eigenvalue weighted by molar-refractivity contribution is 0.355. The minimum atomic E-state index is -0.867. The summed E-state index contributed by atoms with van der Waals surface area (Å²) >= 11 is 0. The first kappa shape index (κ1) is 18.5. The monoisotopic (exact) mass is 375 g/mol. The van der Waals surface area contributed by atoms with Crippen LogP contribution in [0.25, 0.3) is 0 Å². The highest BCUT2D eigenvalue weighted by molar-refractivity contribution is 7.86. The minimum Gasteiger partial charge on any atom is -0.317 e. The van der Waals surface area contributed by atoms with Gasteiger partial charge in [0.15, 0.2) is 0 Å². The van der Waals surface area contributed by atoms with Gasteiger partial charge in [-0.05, 0) is 81.3 Å². The van der Waals surface area contributed by atoms with E-state index in [1.54, 1.807) is 0 Å². The van der Waals surface area contributed by atoms with Crippen molar-refractivity contribution < 1.29 is 4.21 Å². The maximum Gasteiger partial charge on any atom is 0.119 e. The summed E-state index contributed by atoms with van der Waals surface area (Å²) in [6, 6.07) is 7.59. The summed E-state index contributed by atoms with van der Waals surface area (Å²) in [4.78, 5) is 0. The molecule has 5 heteroatoms. The number of hydrogen-bond donors (Lipinski definition) is 2. The Labute approximate surface area is 160 Å². The fourth-order valence-electron chi connectivity index (χ4n) is 4.50. The van der Waals surface area contributed by atoms with E-state index in [1.165, 1.54) is 55.7 Å². The molecule has 4 nitrogen and oxygen atoms in total. The molecule has 3 aliphatic rings. The molecule has 3 atom stereocenters. The van der Waals surface area contributed by atoms with Crippen LogP contribution in [0, 0.1) is 5.92 Å². The molecule has 3 unspecified atom stereocenters. The summed E-state index contributed by atoms with van der Waals surface area (Å²) in [6.07, 6.45) is 7.12. The van der Waals surface area contributed by atoms with Crippen LogP contribution in [-0.2, 0) is 17.4 Å². The van der Waals surface area contributed by atoms with E-state index in [0.29, 0.717) is 12.0 Å². The lowest BCUT2D eigenvalue weighted by Gasteiger charge is -2.30. The summed E-state index contributed by atoms with van der Waals surface area (Å²) in [5, 5.41) is 7.26. The Hall–Kier alpha value is -0.910. The Kier molecular flexibility index (Phi) is 5.97. The summed E-state index contributed by atoms with van der Waals surface area (Å²) < 4.78 is 14.6. The molecule has 1 aliphatic carbocycles. The molecule has 2 N–H and O–H groups in total. The van der Waals surface area contributed by atoms with Gasteiger partial charge in [0.1, 0.15) is 11.0 Å². The quantitative estimate of drug-likeness (QED) is 0.770. The van der Waals surface area contributed by atoms with E-state index in [9.17, 15) is 4.21 Å². The highest BCUT2D eigenvalue weighted by Gasteiger charge is 2.38. The SMILES string of the molecule is CCCS(=O)N1CCCc2cc(C3CC3NCC3CCNCC3)ccc21. The third-order valence-electron chi connectivity index (χ3n) is 6.15. The molecule has 2 fully saturated rings. The molecule has 0 amide bonds. The van der Waals surface area contributed by atoms with Gasteiger partial charge < -0.3 is 10.6 Å². The normalized spacial score (nSPS) is 27.2. The number of piperidine rings is 1. The number of rotatable bonds is 7. The molecule has 0 spiro atoms. The fraction of sp³-hybridized carbons (Fsp3) is 0.714. The van der Waals surface area contributed by atoms with Gasteiger partial charge in [0.25, 0.3) is 0 Å². The molecule has 2 heterocycles. The third-order valence-corrected chi connectivity index (χ3v) is 7.78. The van der Waals surface area contributed by atoms with E-state index in [4.69, 9.17) is 0 Å². The first-order chi connectivity index (χ1) is 12.8. The van der Waals surface area contributed by atoms with Crippen molar-refractivity contribution in [2.24, 2.45) is 5.92 Å². The van der Waals surface area contributed by atoms with Crippen LogP contribution in [0.15, 0.2) is 18.2 Å². The van der Waals surface area contributed by atoms with Crippen LogP contribution in [0.4, 0.5) is 5.69 Å². The number of hydrogen-bond acceptors (Lipinski definition) is 3. The van der Waals surface area contributed by atoms with Crippen molar-refractivity contribution in [2.45, 2.75) is 57.4 Å². The Balaban J connectivity index is 1.36. The van der Waals surface area contributed by atoms with Crippen molar-refractivity contribution in [3.8, 4) is 0 Å². The lowest BCUT2D eigenvalue weighted by atomic mass is 9.97. The molecule has 0 radical (unpaired) electrons. The van der Waals surface area contributed by atoms with Crippen LogP contribution in [0.2, 0.25) is 0 Å². The lowest BCUT2D eigenvalue weighted by Crippen LogP contribution is -2.34. The van der Waals surface area contributed by atoms with Crippen LogP contribution in [0.1, 0.15) is 56.1 Å². The van der Waals surface area contributed by atoms with Crippen LogP contribution in [-0.4, -0.2) is 42.2 Å². The average molecular weight is 376 g/mol. The number of aryl methyl sites for hydroxylation is 1. The molecule has 1 aromatic rings. The second-order valence-corrected chi connectivity index (χ2v) is 9.66.